The van der Waals surface area contributed by atoms with Crippen molar-refractivity contribution in [2.24, 2.45) is 17.6 Å². The van der Waals surface area contributed by atoms with Crippen molar-refractivity contribution >= 4 is 32.6 Å². The number of rotatable bonds is 5. The number of hydrogen-bond donors (Lipinski definition) is 1. The van der Waals surface area contributed by atoms with Gasteiger partial charge in [-0.15, -0.1) is 0 Å². The smallest absolute Gasteiger partial charge is 0.268 e. The molecule has 3 aromatic rings. The normalized spacial score (nSPS) is 17.8. The van der Waals surface area contributed by atoms with Crippen molar-refractivity contribution in [3.63, 3.8) is 0 Å². The molecule has 2 atom stereocenters. The quantitative estimate of drug-likeness (QED) is 0.698. The summed E-state index contributed by atoms with van der Waals surface area (Å²) in [5.74, 6) is -1.39. The number of carbonyl (C=O) groups excluding carboxylic acids is 2. The number of Topliss-reactive ketones (excluding diaryl/α,β-unsaturated/α-hetero) is 1. The van der Waals surface area contributed by atoms with Crippen molar-refractivity contribution in [2.75, 3.05) is 0 Å². The first-order chi connectivity index (χ1) is 13.9. The molecule has 6 nitrogen and oxygen atoms in total. The van der Waals surface area contributed by atoms with Gasteiger partial charge in [-0.2, -0.15) is 0 Å². The molecule has 0 radical (unpaired) electrons. The van der Waals surface area contributed by atoms with Crippen LogP contribution in [0.1, 0.15) is 35.8 Å². The van der Waals surface area contributed by atoms with Crippen LogP contribution in [0.3, 0.4) is 0 Å². The van der Waals surface area contributed by atoms with Gasteiger partial charge < -0.3 is 5.73 Å². The molecule has 2 N–H and O–H groups in total. The molecule has 4 rings (SSSR count). The van der Waals surface area contributed by atoms with Gasteiger partial charge in [0.05, 0.1) is 10.4 Å². The first-order valence-corrected chi connectivity index (χ1v) is 11.1. The van der Waals surface area contributed by atoms with Crippen molar-refractivity contribution in [3.05, 3.63) is 65.9 Å². The summed E-state index contributed by atoms with van der Waals surface area (Å²) in [4.78, 5) is 25.1. The Bertz CT molecular complexity index is 1210. The van der Waals surface area contributed by atoms with Crippen LogP contribution in [0.2, 0.25) is 0 Å². The molecule has 1 heterocycles. The number of aromatic nitrogens is 1. The standard InChI is InChI=1S/C22H22N2O4S/c1-2-16(22(23)26)14-12-19-21(20(25)13-14)17-10-6-7-11-18(17)24(19)29(27,28)15-8-4-3-5-9-15/h3-11,14,16H,2,12-13H2,1H3,(H2,23,26). The average Bonchev–Trinajstić information content (AvgIpc) is 3.04. The lowest BCUT2D eigenvalue weighted by atomic mass is 9.77. The molecule has 150 valence electrons. The van der Waals surface area contributed by atoms with Crippen LogP contribution in [0, 0.1) is 11.8 Å². The Hall–Kier alpha value is -2.93. The Labute approximate surface area is 169 Å². The van der Waals surface area contributed by atoms with E-state index in [1.807, 2.05) is 6.92 Å². The van der Waals surface area contributed by atoms with Gasteiger partial charge in [-0.3, -0.25) is 9.59 Å². The van der Waals surface area contributed by atoms with Crippen LogP contribution in [0.4, 0.5) is 0 Å². The summed E-state index contributed by atoms with van der Waals surface area (Å²) in [5, 5.41) is 0.623. The lowest BCUT2D eigenvalue weighted by Crippen LogP contribution is -2.35. The minimum Gasteiger partial charge on any atom is -0.369 e. The van der Waals surface area contributed by atoms with E-state index in [1.54, 1.807) is 42.5 Å². The van der Waals surface area contributed by atoms with Crippen LogP contribution < -0.4 is 5.73 Å². The highest BCUT2D eigenvalue weighted by Gasteiger charge is 2.38. The topological polar surface area (TPSA) is 99.2 Å². The Morgan fingerprint density at radius 1 is 1.10 bits per heavy atom. The van der Waals surface area contributed by atoms with Gasteiger partial charge in [-0.05, 0) is 37.0 Å². The Morgan fingerprint density at radius 3 is 2.41 bits per heavy atom. The Morgan fingerprint density at radius 2 is 1.76 bits per heavy atom. The third-order valence-electron chi connectivity index (χ3n) is 5.76. The molecule has 7 heteroatoms. The molecule has 0 bridgehead atoms. The minimum absolute atomic E-state index is 0.144. The largest absolute Gasteiger partial charge is 0.369 e. The van der Waals surface area contributed by atoms with Crippen LogP contribution in [0.25, 0.3) is 10.9 Å². The zero-order chi connectivity index (χ0) is 20.8. The summed E-state index contributed by atoms with van der Waals surface area (Å²) in [6.07, 6.45) is 1.01. The number of amides is 1. The average molecular weight is 410 g/mol. The highest BCUT2D eigenvalue weighted by Crippen LogP contribution is 2.39. The predicted octanol–water partition coefficient (Wildman–Crippen LogP) is 3.13. The van der Waals surface area contributed by atoms with E-state index in [0.29, 0.717) is 35.0 Å². The molecule has 29 heavy (non-hydrogen) atoms. The summed E-state index contributed by atoms with van der Waals surface area (Å²) < 4.78 is 28.3. The molecule has 2 aromatic carbocycles. The second kappa shape index (κ2) is 7.15. The number of ketones is 1. The molecule has 0 fully saturated rings. The van der Waals surface area contributed by atoms with E-state index in [2.05, 4.69) is 0 Å². The third kappa shape index (κ3) is 3.06. The van der Waals surface area contributed by atoms with Crippen LogP contribution in [0.15, 0.2) is 59.5 Å². The van der Waals surface area contributed by atoms with Crippen LogP contribution in [-0.4, -0.2) is 24.1 Å². The molecule has 0 spiro atoms. The van der Waals surface area contributed by atoms with Gasteiger partial charge in [0, 0.05) is 29.0 Å². The van der Waals surface area contributed by atoms with E-state index < -0.39 is 21.8 Å². The minimum atomic E-state index is -3.91. The van der Waals surface area contributed by atoms with Crippen LogP contribution >= 0.6 is 0 Å². The van der Waals surface area contributed by atoms with Gasteiger partial charge in [0.1, 0.15) is 0 Å². The van der Waals surface area contributed by atoms with E-state index in [-0.39, 0.29) is 23.0 Å². The van der Waals surface area contributed by atoms with E-state index in [4.69, 9.17) is 5.73 Å². The van der Waals surface area contributed by atoms with Crippen LogP contribution in [0.5, 0.6) is 0 Å². The molecule has 0 saturated heterocycles. The van der Waals surface area contributed by atoms with E-state index in [0.717, 1.165) is 0 Å². The fraction of sp³-hybridized carbons (Fsp3) is 0.273. The number of benzene rings is 2. The van der Waals surface area contributed by atoms with Crippen molar-refractivity contribution in [3.8, 4) is 0 Å². The molecular formula is C22H22N2O4S. The number of carbonyl (C=O) groups is 2. The first-order valence-electron chi connectivity index (χ1n) is 9.61. The maximum Gasteiger partial charge on any atom is 0.268 e. The fourth-order valence-electron chi connectivity index (χ4n) is 4.45. The lowest BCUT2D eigenvalue weighted by Gasteiger charge is -2.28. The maximum absolute atomic E-state index is 13.5. The lowest BCUT2D eigenvalue weighted by molar-refractivity contribution is -0.123. The zero-order valence-electron chi connectivity index (χ0n) is 16.0. The van der Waals surface area contributed by atoms with Gasteiger partial charge in [0.25, 0.3) is 10.0 Å². The Kier molecular flexibility index (Phi) is 4.78. The van der Waals surface area contributed by atoms with Gasteiger partial charge in [-0.1, -0.05) is 43.3 Å². The van der Waals surface area contributed by atoms with Crippen molar-refractivity contribution < 1.29 is 18.0 Å². The summed E-state index contributed by atoms with van der Waals surface area (Å²) in [7, 11) is -3.91. The van der Waals surface area contributed by atoms with Gasteiger partial charge >= 0.3 is 0 Å². The molecular weight excluding hydrogens is 388 g/mol. The monoisotopic (exact) mass is 410 g/mol. The number of nitrogens with zero attached hydrogens (tertiary/aromatic N) is 1. The third-order valence-corrected chi connectivity index (χ3v) is 7.53. The van der Waals surface area contributed by atoms with E-state index in [9.17, 15) is 18.0 Å². The number of fused-ring (bicyclic) bond motifs is 3. The first kappa shape index (κ1) is 19.4. The van der Waals surface area contributed by atoms with Crippen molar-refractivity contribution in [2.45, 2.75) is 31.1 Å². The van der Waals surface area contributed by atoms with Crippen molar-refractivity contribution in [1.29, 1.82) is 0 Å². The summed E-state index contributed by atoms with van der Waals surface area (Å²) in [6, 6.07) is 15.2. The predicted molar refractivity (Wildman–Crippen MR) is 110 cm³/mol. The zero-order valence-corrected chi connectivity index (χ0v) is 16.9. The number of hydrogen-bond acceptors (Lipinski definition) is 4. The number of primary amides is 1. The molecule has 0 saturated carbocycles. The highest BCUT2D eigenvalue weighted by atomic mass is 32.2. The molecule has 1 aromatic heterocycles. The molecule has 2 unspecified atom stereocenters. The van der Waals surface area contributed by atoms with Gasteiger partial charge in [0.2, 0.25) is 5.91 Å². The summed E-state index contributed by atoms with van der Waals surface area (Å²) in [6.45, 7) is 1.85. The van der Waals surface area contributed by atoms with E-state index >= 15 is 0 Å². The molecule has 1 amide bonds. The second-order valence-electron chi connectivity index (χ2n) is 7.43. The van der Waals surface area contributed by atoms with E-state index in [1.165, 1.54) is 16.1 Å². The summed E-state index contributed by atoms with van der Waals surface area (Å²) >= 11 is 0. The van der Waals surface area contributed by atoms with Gasteiger partial charge in [0.15, 0.2) is 5.78 Å². The number of para-hydroxylation sites is 1. The number of nitrogens with two attached hydrogens (primary N) is 1. The summed E-state index contributed by atoms with van der Waals surface area (Å²) in [5.41, 5.74) is 6.91. The van der Waals surface area contributed by atoms with Crippen molar-refractivity contribution in [1.82, 2.24) is 3.97 Å². The fourth-order valence-corrected chi connectivity index (χ4v) is 6.03. The molecule has 0 aliphatic heterocycles. The van der Waals surface area contributed by atoms with Gasteiger partial charge in [-0.25, -0.2) is 12.4 Å². The SMILES string of the molecule is CCC(C(N)=O)C1CC(=O)c2c(n(S(=O)(=O)c3ccccc3)c3ccccc23)C1. The molecule has 1 aliphatic carbocycles. The molecule has 1 aliphatic rings. The second-order valence-corrected chi connectivity index (χ2v) is 9.22. The maximum atomic E-state index is 13.5. The highest BCUT2D eigenvalue weighted by molar-refractivity contribution is 7.90. The van der Waals surface area contributed by atoms with Crippen LogP contribution in [-0.2, 0) is 21.2 Å². The Balaban J connectivity index is 1.98.